The van der Waals surface area contributed by atoms with E-state index in [-0.39, 0.29) is 25.6 Å². The summed E-state index contributed by atoms with van der Waals surface area (Å²) in [5.41, 5.74) is 8.31. The molecule has 5 heteroatoms. The summed E-state index contributed by atoms with van der Waals surface area (Å²) in [7, 11) is 0. The number of hydrogen-bond donors (Lipinski definition) is 3. The topological polar surface area (TPSA) is 79.2 Å². The molecule has 5 nitrogen and oxygen atoms in total. The molecule has 0 saturated carbocycles. The lowest BCUT2D eigenvalue weighted by molar-refractivity contribution is 0.201. The summed E-state index contributed by atoms with van der Waals surface area (Å²) in [6, 6.07) is 39.1. The molecule has 6 rings (SSSR count). The first-order chi connectivity index (χ1) is 21.1. The second-order valence-corrected chi connectivity index (χ2v) is 10.5. The van der Waals surface area contributed by atoms with Crippen LogP contribution in [0.1, 0.15) is 33.4 Å². The third-order valence-electron chi connectivity index (χ3n) is 8.05. The highest BCUT2D eigenvalue weighted by molar-refractivity contribution is 5.86. The lowest BCUT2D eigenvalue weighted by Crippen LogP contribution is -2.28. The average Bonchev–Trinajstić information content (AvgIpc) is 3.36. The molecule has 0 bridgehead atoms. The Kier molecular flexibility index (Phi) is 8.27. The number of aliphatic hydroxyl groups excluding tert-OH is 2. The Morgan fingerprint density at radius 2 is 1.19 bits per heavy atom. The Bertz CT molecular complexity index is 1680. The monoisotopic (exact) mass is 570 g/mol. The van der Waals surface area contributed by atoms with Gasteiger partial charge in [-0.15, -0.1) is 0 Å². The van der Waals surface area contributed by atoms with Crippen molar-refractivity contribution in [3.8, 4) is 28.4 Å². The first-order valence-electron chi connectivity index (χ1n) is 14.5. The second-order valence-electron chi connectivity index (χ2n) is 10.5. The normalized spacial score (nSPS) is 13.1. The Morgan fingerprint density at radius 1 is 0.628 bits per heavy atom. The van der Waals surface area contributed by atoms with Crippen molar-refractivity contribution in [3.05, 3.63) is 155 Å². The molecule has 0 aliphatic heterocycles. The van der Waals surface area contributed by atoms with Crippen LogP contribution in [0.4, 0.5) is 0 Å². The van der Waals surface area contributed by atoms with E-state index in [0.717, 1.165) is 33.8 Å². The average molecular weight is 571 g/mol. The molecule has 0 aromatic heterocycles. The van der Waals surface area contributed by atoms with Crippen LogP contribution in [0.5, 0.6) is 17.2 Å². The molecule has 43 heavy (non-hydrogen) atoms. The van der Waals surface area contributed by atoms with E-state index in [4.69, 9.17) is 14.6 Å². The van der Waals surface area contributed by atoms with Gasteiger partial charge in [0.15, 0.2) is 0 Å². The second kappa shape index (κ2) is 12.6. The zero-order chi connectivity index (χ0) is 29.6. The lowest BCUT2D eigenvalue weighted by atomic mass is 9.68. The summed E-state index contributed by atoms with van der Waals surface area (Å²) in [5.74, 6) is 1.70. The number of aliphatic hydroxyl groups is 2. The van der Waals surface area contributed by atoms with Crippen LogP contribution in [0.2, 0.25) is 0 Å². The van der Waals surface area contributed by atoms with Crippen molar-refractivity contribution < 1.29 is 24.8 Å². The summed E-state index contributed by atoms with van der Waals surface area (Å²) in [4.78, 5) is 0. The van der Waals surface area contributed by atoms with Crippen molar-refractivity contribution in [2.24, 2.45) is 0 Å². The maximum atomic E-state index is 10.3. The van der Waals surface area contributed by atoms with Gasteiger partial charge in [0, 0.05) is 6.42 Å². The number of benzene rings is 5. The predicted octanol–water partition coefficient (Wildman–Crippen LogP) is 6.75. The van der Waals surface area contributed by atoms with Gasteiger partial charge in [-0.05, 0) is 80.9 Å². The summed E-state index contributed by atoms with van der Waals surface area (Å²) >= 11 is 0. The van der Waals surface area contributed by atoms with Crippen LogP contribution in [0.15, 0.2) is 121 Å². The first-order valence-corrected chi connectivity index (χ1v) is 14.5. The number of phenolic OH excluding ortho intramolecular Hbond substituents is 1. The van der Waals surface area contributed by atoms with Crippen molar-refractivity contribution in [2.45, 2.75) is 11.8 Å². The third kappa shape index (κ3) is 5.41. The van der Waals surface area contributed by atoms with Gasteiger partial charge in [-0.1, -0.05) is 91.0 Å². The Labute approximate surface area is 251 Å². The minimum Gasteiger partial charge on any atom is -0.508 e. The van der Waals surface area contributed by atoms with Gasteiger partial charge in [0.25, 0.3) is 0 Å². The molecule has 216 valence electrons. The standard InChI is InChI=1S/C38H34O5/c39-22-5-6-27-11-20-37(41)28(26-27)21-24-42-31-16-12-29(13-17-31)38(30-14-18-32(19-15-30)43-25-23-40)35-9-3-1-7-33(35)34-8-2-4-10-36(34)38/h1-20,26,39-41H,21-25H2. The van der Waals surface area contributed by atoms with Crippen LogP contribution >= 0.6 is 0 Å². The number of hydrogen-bond acceptors (Lipinski definition) is 5. The van der Waals surface area contributed by atoms with Gasteiger partial charge in [0.05, 0.1) is 25.2 Å². The number of phenols is 1. The molecule has 0 fully saturated rings. The molecule has 3 N–H and O–H groups in total. The van der Waals surface area contributed by atoms with Crippen molar-refractivity contribution in [1.82, 2.24) is 0 Å². The molecule has 1 aliphatic carbocycles. The summed E-state index contributed by atoms with van der Waals surface area (Å²) < 4.78 is 11.8. The Hall–Kier alpha value is -4.84. The van der Waals surface area contributed by atoms with E-state index < -0.39 is 5.41 Å². The third-order valence-corrected chi connectivity index (χ3v) is 8.05. The van der Waals surface area contributed by atoms with Crippen LogP contribution in [-0.2, 0) is 11.8 Å². The number of aromatic hydroxyl groups is 1. The number of rotatable bonds is 11. The van der Waals surface area contributed by atoms with E-state index in [9.17, 15) is 10.2 Å². The van der Waals surface area contributed by atoms with E-state index >= 15 is 0 Å². The summed E-state index contributed by atoms with van der Waals surface area (Å²) in [5, 5.41) is 28.6. The van der Waals surface area contributed by atoms with Gasteiger partial charge < -0.3 is 24.8 Å². The van der Waals surface area contributed by atoms with E-state index in [2.05, 4.69) is 72.8 Å². The molecule has 0 amide bonds. The highest BCUT2D eigenvalue weighted by Crippen LogP contribution is 2.56. The highest BCUT2D eigenvalue weighted by Gasteiger charge is 2.45. The molecule has 5 aromatic carbocycles. The van der Waals surface area contributed by atoms with Crippen molar-refractivity contribution in [1.29, 1.82) is 0 Å². The molecule has 0 spiro atoms. The number of ether oxygens (including phenoxy) is 2. The van der Waals surface area contributed by atoms with Gasteiger partial charge in [-0.3, -0.25) is 0 Å². The first kappa shape index (κ1) is 28.3. The van der Waals surface area contributed by atoms with Crippen molar-refractivity contribution in [2.75, 3.05) is 26.4 Å². The molecule has 1 aliphatic rings. The maximum Gasteiger partial charge on any atom is 0.119 e. The van der Waals surface area contributed by atoms with Crippen molar-refractivity contribution in [3.63, 3.8) is 0 Å². The molecule has 0 atom stereocenters. The lowest BCUT2D eigenvalue weighted by Gasteiger charge is -2.34. The van der Waals surface area contributed by atoms with Gasteiger partial charge >= 0.3 is 0 Å². The fraction of sp³-hybridized carbons (Fsp3) is 0.158. The molecule has 5 aromatic rings. The van der Waals surface area contributed by atoms with Crippen LogP contribution in [-0.4, -0.2) is 41.7 Å². The van der Waals surface area contributed by atoms with Gasteiger partial charge in [-0.2, -0.15) is 0 Å². The fourth-order valence-corrected chi connectivity index (χ4v) is 6.17. The van der Waals surface area contributed by atoms with E-state index in [1.165, 1.54) is 22.3 Å². The summed E-state index contributed by atoms with van der Waals surface area (Å²) in [6.45, 7) is 0.601. The fourth-order valence-electron chi connectivity index (χ4n) is 6.17. The summed E-state index contributed by atoms with van der Waals surface area (Å²) in [6.07, 6.45) is 4.04. The molecular formula is C38H34O5. The number of fused-ring (bicyclic) bond motifs is 3. The minimum absolute atomic E-state index is 0.0296. The zero-order valence-electron chi connectivity index (χ0n) is 23.8. The highest BCUT2D eigenvalue weighted by atomic mass is 16.5. The smallest absolute Gasteiger partial charge is 0.119 e. The van der Waals surface area contributed by atoms with Gasteiger partial charge in [0.1, 0.15) is 23.9 Å². The minimum atomic E-state index is -0.532. The Morgan fingerprint density at radius 3 is 1.74 bits per heavy atom. The Balaban J connectivity index is 1.32. The van der Waals surface area contributed by atoms with Gasteiger partial charge in [-0.25, -0.2) is 0 Å². The largest absolute Gasteiger partial charge is 0.508 e. The quantitative estimate of drug-likeness (QED) is 0.161. The van der Waals surface area contributed by atoms with E-state index in [0.29, 0.717) is 13.0 Å². The van der Waals surface area contributed by atoms with Crippen LogP contribution in [0.25, 0.3) is 17.2 Å². The van der Waals surface area contributed by atoms with Gasteiger partial charge in [0.2, 0.25) is 0 Å². The van der Waals surface area contributed by atoms with E-state index in [1.807, 2.05) is 42.5 Å². The van der Waals surface area contributed by atoms with Crippen LogP contribution < -0.4 is 9.47 Å². The maximum absolute atomic E-state index is 10.3. The van der Waals surface area contributed by atoms with Crippen LogP contribution in [0.3, 0.4) is 0 Å². The van der Waals surface area contributed by atoms with Crippen molar-refractivity contribution >= 4 is 6.08 Å². The molecule has 0 radical (unpaired) electrons. The molecule has 0 unspecified atom stereocenters. The van der Waals surface area contributed by atoms with Crippen LogP contribution in [0, 0.1) is 0 Å². The molecular weight excluding hydrogens is 536 g/mol. The molecule has 0 heterocycles. The molecule has 0 saturated heterocycles. The van der Waals surface area contributed by atoms with E-state index in [1.54, 1.807) is 12.1 Å². The predicted molar refractivity (Wildman–Crippen MR) is 170 cm³/mol. The zero-order valence-corrected chi connectivity index (χ0v) is 23.8. The SMILES string of the molecule is OCC=Cc1ccc(O)c(CCOc2ccc(C3(c4ccc(OCCO)cc4)c4ccccc4-c4ccccc43)cc2)c1.